The molecule has 0 saturated heterocycles. The lowest BCUT2D eigenvalue weighted by atomic mass is 10.2. The summed E-state index contributed by atoms with van der Waals surface area (Å²) in [5.74, 6) is 0.568. The van der Waals surface area contributed by atoms with Crippen LogP contribution in [0.15, 0.2) is 0 Å². The zero-order valence-corrected chi connectivity index (χ0v) is 12.4. The van der Waals surface area contributed by atoms with Gasteiger partial charge in [0, 0.05) is 19.7 Å². The Morgan fingerprint density at radius 3 is 2.11 bits per heavy atom. The molecule has 1 fully saturated rings. The molecule has 0 aromatic carbocycles. The summed E-state index contributed by atoms with van der Waals surface area (Å²) < 4.78 is 21.1. The monoisotopic (exact) mass is 275 g/mol. The largest absolute Gasteiger partial charge is 0.382 e. The molecule has 0 spiro atoms. The van der Waals surface area contributed by atoms with Gasteiger partial charge >= 0.3 is 0 Å². The predicted molar refractivity (Wildman–Crippen MR) is 74.5 cm³/mol. The minimum atomic E-state index is 0.568. The Balaban J connectivity index is 1.70. The van der Waals surface area contributed by atoms with Crippen molar-refractivity contribution in [2.24, 2.45) is 5.92 Å². The van der Waals surface area contributed by atoms with E-state index < -0.39 is 0 Å². The molecule has 1 saturated carbocycles. The molecular weight excluding hydrogens is 246 g/mol. The molecule has 0 bridgehead atoms. The molecule has 1 aliphatic carbocycles. The predicted octanol–water partition coefficient (Wildman–Crippen LogP) is 1.07. The Labute approximate surface area is 116 Å². The number of nitrogens with one attached hydrogen (secondary N) is 1. The molecule has 0 aromatic rings. The van der Waals surface area contributed by atoms with Crippen molar-refractivity contribution in [3.8, 4) is 0 Å². The minimum absolute atomic E-state index is 0.568. The lowest BCUT2D eigenvalue weighted by Gasteiger charge is -2.12. The number of hydrogen-bond acceptors (Lipinski definition) is 5. The third-order valence-electron chi connectivity index (χ3n) is 2.91. The summed E-state index contributed by atoms with van der Waals surface area (Å²) in [6.07, 6.45) is 2.68. The SMILES string of the molecule is COCCOCCOCCOCC(C)CNC1CC1. The average Bonchev–Trinajstić information content (AvgIpc) is 3.23. The first kappa shape index (κ1) is 16.9. The summed E-state index contributed by atoms with van der Waals surface area (Å²) in [6, 6.07) is 0.781. The van der Waals surface area contributed by atoms with Crippen molar-refractivity contribution >= 4 is 0 Å². The van der Waals surface area contributed by atoms with E-state index in [1.807, 2.05) is 0 Å². The summed E-state index contributed by atoms with van der Waals surface area (Å²) in [5.41, 5.74) is 0. The van der Waals surface area contributed by atoms with Gasteiger partial charge in [0.15, 0.2) is 0 Å². The van der Waals surface area contributed by atoms with E-state index in [9.17, 15) is 0 Å². The Kier molecular flexibility index (Phi) is 10.3. The van der Waals surface area contributed by atoms with Crippen LogP contribution >= 0.6 is 0 Å². The topological polar surface area (TPSA) is 49.0 Å². The van der Waals surface area contributed by atoms with Crippen LogP contribution in [0, 0.1) is 5.92 Å². The van der Waals surface area contributed by atoms with Crippen molar-refractivity contribution in [2.45, 2.75) is 25.8 Å². The van der Waals surface area contributed by atoms with Gasteiger partial charge in [0.2, 0.25) is 0 Å². The minimum Gasteiger partial charge on any atom is -0.382 e. The van der Waals surface area contributed by atoms with Gasteiger partial charge in [0.1, 0.15) is 0 Å². The molecule has 5 heteroatoms. The van der Waals surface area contributed by atoms with Gasteiger partial charge in [-0.1, -0.05) is 6.92 Å². The maximum atomic E-state index is 5.57. The summed E-state index contributed by atoms with van der Waals surface area (Å²) in [4.78, 5) is 0. The highest BCUT2D eigenvalue weighted by Crippen LogP contribution is 2.18. The standard InChI is InChI=1S/C14H29NO4/c1-13(11-15-14-3-4-14)12-19-10-9-18-8-7-17-6-5-16-2/h13-15H,3-12H2,1-2H3. The van der Waals surface area contributed by atoms with Gasteiger partial charge in [-0.05, 0) is 18.8 Å². The van der Waals surface area contributed by atoms with E-state index >= 15 is 0 Å². The van der Waals surface area contributed by atoms with E-state index in [0.29, 0.717) is 45.6 Å². The summed E-state index contributed by atoms with van der Waals surface area (Å²) in [6.45, 7) is 7.85. The molecule has 0 aliphatic heterocycles. The maximum absolute atomic E-state index is 5.57. The second kappa shape index (κ2) is 11.6. The molecule has 0 aromatic heterocycles. The van der Waals surface area contributed by atoms with Crippen molar-refractivity contribution in [1.82, 2.24) is 5.32 Å². The molecule has 1 N–H and O–H groups in total. The molecule has 19 heavy (non-hydrogen) atoms. The van der Waals surface area contributed by atoms with Crippen molar-refractivity contribution in [3.63, 3.8) is 0 Å². The van der Waals surface area contributed by atoms with Crippen LogP contribution in [0.4, 0.5) is 0 Å². The van der Waals surface area contributed by atoms with Crippen LogP contribution in [-0.2, 0) is 18.9 Å². The normalized spacial score (nSPS) is 16.7. The molecule has 114 valence electrons. The van der Waals surface area contributed by atoms with Gasteiger partial charge in [0.25, 0.3) is 0 Å². The number of rotatable bonds is 14. The quantitative estimate of drug-likeness (QED) is 0.481. The third-order valence-corrected chi connectivity index (χ3v) is 2.91. The number of methoxy groups -OCH3 is 1. The Morgan fingerprint density at radius 2 is 1.53 bits per heavy atom. The summed E-state index contributed by atoms with van der Waals surface area (Å²) in [5, 5.41) is 3.50. The summed E-state index contributed by atoms with van der Waals surface area (Å²) in [7, 11) is 1.67. The van der Waals surface area contributed by atoms with Crippen LogP contribution in [-0.4, -0.2) is 65.9 Å². The van der Waals surface area contributed by atoms with Crippen LogP contribution in [0.3, 0.4) is 0 Å². The fourth-order valence-electron chi connectivity index (χ4n) is 1.58. The van der Waals surface area contributed by atoms with Crippen LogP contribution in [0.25, 0.3) is 0 Å². The molecule has 0 heterocycles. The average molecular weight is 275 g/mol. The van der Waals surface area contributed by atoms with Crippen LogP contribution in [0.2, 0.25) is 0 Å². The first-order valence-corrected chi connectivity index (χ1v) is 7.28. The van der Waals surface area contributed by atoms with E-state index in [1.54, 1.807) is 7.11 Å². The first-order valence-electron chi connectivity index (χ1n) is 7.28. The van der Waals surface area contributed by atoms with Gasteiger partial charge in [-0.25, -0.2) is 0 Å². The smallest absolute Gasteiger partial charge is 0.0701 e. The van der Waals surface area contributed by atoms with Gasteiger partial charge in [-0.2, -0.15) is 0 Å². The highest BCUT2D eigenvalue weighted by atomic mass is 16.6. The zero-order chi connectivity index (χ0) is 13.8. The number of ether oxygens (including phenoxy) is 4. The fourth-order valence-corrected chi connectivity index (χ4v) is 1.58. The van der Waals surface area contributed by atoms with Gasteiger partial charge in [0.05, 0.1) is 46.2 Å². The first-order chi connectivity index (χ1) is 9.33. The van der Waals surface area contributed by atoms with E-state index in [-0.39, 0.29) is 0 Å². The lowest BCUT2D eigenvalue weighted by molar-refractivity contribution is -0.000532. The lowest BCUT2D eigenvalue weighted by Crippen LogP contribution is -2.26. The Hall–Kier alpha value is -0.200. The van der Waals surface area contributed by atoms with Crippen molar-refractivity contribution < 1.29 is 18.9 Å². The zero-order valence-electron chi connectivity index (χ0n) is 12.4. The third kappa shape index (κ3) is 11.3. The molecule has 0 amide bonds. The van der Waals surface area contributed by atoms with E-state index in [4.69, 9.17) is 18.9 Å². The molecule has 1 atom stereocenters. The van der Waals surface area contributed by atoms with Crippen LogP contribution in [0.5, 0.6) is 0 Å². The van der Waals surface area contributed by atoms with Crippen LogP contribution in [0.1, 0.15) is 19.8 Å². The molecular formula is C14H29NO4. The molecule has 5 nitrogen and oxygen atoms in total. The van der Waals surface area contributed by atoms with E-state index in [1.165, 1.54) is 12.8 Å². The second-order valence-corrected chi connectivity index (χ2v) is 5.08. The second-order valence-electron chi connectivity index (χ2n) is 5.08. The highest BCUT2D eigenvalue weighted by molar-refractivity contribution is 4.81. The van der Waals surface area contributed by atoms with E-state index in [2.05, 4.69) is 12.2 Å². The molecule has 1 aliphatic rings. The van der Waals surface area contributed by atoms with Gasteiger partial charge in [-0.15, -0.1) is 0 Å². The molecule has 1 rings (SSSR count). The highest BCUT2D eigenvalue weighted by Gasteiger charge is 2.20. The van der Waals surface area contributed by atoms with Crippen molar-refractivity contribution in [1.29, 1.82) is 0 Å². The molecule has 0 radical (unpaired) electrons. The summed E-state index contributed by atoms with van der Waals surface area (Å²) >= 11 is 0. The van der Waals surface area contributed by atoms with Crippen molar-refractivity contribution in [3.05, 3.63) is 0 Å². The Morgan fingerprint density at radius 1 is 0.947 bits per heavy atom. The van der Waals surface area contributed by atoms with Crippen molar-refractivity contribution in [2.75, 3.05) is 59.9 Å². The number of hydrogen-bond donors (Lipinski definition) is 1. The van der Waals surface area contributed by atoms with E-state index in [0.717, 1.165) is 19.2 Å². The van der Waals surface area contributed by atoms with Crippen LogP contribution < -0.4 is 5.32 Å². The fraction of sp³-hybridized carbons (Fsp3) is 1.00. The van der Waals surface area contributed by atoms with Gasteiger partial charge in [-0.3, -0.25) is 0 Å². The maximum Gasteiger partial charge on any atom is 0.0701 e. The molecule has 1 unspecified atom stereocenters. The Bertz CT molecular complexity index is 200. The van der Waals surface area contributed by atoms with Gasteiger partial charge < -0.3 is 24.3 Å².